The fourth-order valence-electron chi connectivity index (χ4n) is 2.35. The molecule has 0 radical (unpaired) electrons. The van der Waals surface area contributed by atoms with Gasteiger partial charge in [-0.25, -0.2) is 0 Å². The van der Waals surface area contributed by atoms with E-state index in [-0.39, 0.29) is 0 Å². The number of nitrogen functional groups attached to an aromatic ring is 1. The Hall–Kier alpha value is -1.76. The van der Waals surface area contributed by atoms with Crippen LogP contribution in [0.5, 0.6) is 0 Å². The summed E-state index contributed by atoms with van der Waals surface area (Å²) < 4.78 is 0. The van der Waals surface area contributed by atoms with Crippen LogP contribution >= 0.6 is 0 Å². The number of nitrogens with two attached hydrogens (primary N) is 1. The molecule has 0 aliphatic rings. The summed E-state index contributed by atoms with van der Waals surface area (Å²) in [5.41, 5.74) is 11.8. The number of anilines is 1. The van der Waals surface area contributed by atoms with Gasteiger partial charge in [0.25, 0.3) is 0 Å². The summed E-state index contributed by atoms with van der Waals surface area (Å²) in [6, 6.07) is 14.9. The lowest BCUT2D eigenvalue weighted by Crippen LogP contribution is -1.94. The zero-order chi connectivity index (χ0) is 13.1. The molecule has 0 aliphatic heterocycles. The summed E-state index contributed by atoms with van der Waals surface area (Å²) in [6.07, 6.45) is 1.13. The minimum Gasteiger partial charge on any atom is -0.399 e. The monoisotopic (exact) mass is 239 g/mol. The Balaban J connectivity index is 2.38. The van der Waals surface area contributed by atoms with Gasteiger partial charge in [-0.2, -0.15) is 0 Å². The molecule has 0 aliphatic carbocycles. The van der Waals surface area contributed by atoms with Crippen molar-refractivity contribution in [3.05, 3.63) is 53.6 Å². The molecule has 0 unspecified atom stereocenters. The van der Waals surface area contributed by atoms with Crippen LogP contribution in [0.1, 0.15) is 25.0 Å². The molecular weight excluding hydrogens is 218 g/mol. The molecule has 0 saturated carbocycles. The molecule has 0 amide bonds. The van der Waals surface area contributed by atoms with E-state index in [4.69, 9.17) is 5.73 Å². The minimum absolute atomic E-state index is 0.688. The Kier molecular flexibility index (Phi) is 3.71. The number of rotatable bonds is 3. The van der Waals surface area contributed by atoms with Gasteiger partial charge in [-0.1, -0.05) is 44.2 Å². The van der Waals surface area contributed by atoms with Crippen molar-refractivity contribution in [2.75, 3.05) is 5.73 Å². The van der Waals surface area contributed by atoms with Crippen molar-refractivity contribution in [3.63, 3.8) is 0 Å². The molecule has 1 heteroatoms. The van der Waals surface area contributed by atoms with E-state index in [1.807, 2.05) is 12.1 Å². The molecule has 0 fully saturated rings. The smallest absolute Gasteiger partial charge is 0.0317 e. The van der Waals surface area contributed by atoms with E-state index in [9.17, 15) is 0 Å². The van der Waals surface area contributed by atoms with Crippen LogP contribution in [0.15, 0.2) is 42.5 Å². The second kappa shape index (κ2) is 5.26. The Bertz CT molecular complexity index is 541. The van der Waals surface area contributed by atoms with Crippen LogP contribution in [0.3, 0.4) is 0 Å². The minimum atomic E-state index is 0.688. The van der Waals surface area contributed by atoms with Gasteiger partial charge in [-0.05, 0) is 53.6 Å². The summed E-state index contributed by atoms with van der Waals surface area (Å²) in [5, 5.41) is 0. The lowest BCUT2D eigenvalue weighted by molar-refractivity contribution is 0.647. The summed E-state index contributed by atoms with van der Waals surface area (Å²) in [6.45, 7) is 6.61. The Morgan fingerprint density at radius 2 is 1.83 bits per heavy atom. The maximum Gasteiger partial charge on any atom is 0.0317 e. The quantitative estimate of drug-likeness (QED) is 0.787. The van der Waals surface area contributed by atoms with Crippen LogP contribution in [0.2, 0.25) is 0 Å². The highest BCUT2D eigenvalue weighted by Gasteiger charge is 2.04. The van der Waals surface area contributed by atoms with Crippen molar-refractivity contribution >= 4 is 5.69 Å². The van der Waals surface area contributed by atoms with Gasteiger partial charge < -0.3 is 5.73 Å². The zero-order valence-electron chi connectivity index (χ0n) is 11.4. The van der Waals surface area contributed by atoms with Gasteiger partial charge >= 0.3 is 0 Å². The van der Waals surface area contributed by atoms with E-state index < -0.39 is 0 Å². The maximum atomic E-state index is 5.80. The molecule has 94 valence electrons. The van der Waals surface area contributed by atoms with Crippen LogP contribution in [0.4, 0.5) is 5.69 Å². The predicted octanol–water partition coefficient (Wildman–Crippen LogP) is 4.44. The van der Waals surface area contributed by atoms with E-state index in [2.05, 4.69) is 51.1 Å². The molecule has 0 spiro atoms. The fourth-order valence-corrected chi connectivity index (χ4v) is 2.35. The summed E-state index contributed by atoms with van der Waals surface area (Å²) >= 11 is 0. The van der Waals surface area contributed by atoms with E-state index in [1.54, 1.807) is 0 Å². The molecule has 0 atom stereocenters. The summed E-state index contributed by atoms with van der Waals surface area (Å²) in [5.74, 6) is 0.688. The molecule has 0 heterocycles. The van der Waals surface area contributed by atoms with Crippen LogP contribution in [-0.4, -0.2) is 0 Å². The first-order chi connectivity index (χ1) is 8.56. The normalized spacial score (nSPS) is 10.9. The second-order valence-corrected chi connectivity index (χ2v) is 5.37. The van der Waals surface area contributed by atoms with Gasteiger partial charge in [0, 0.05) is 5.69 Å². The van der Waals surface area contributed by atoms with Crippen LogP contribution in [0, 0.1) is 12.8 Å². The number of benzene rings is 2. The van der Waals surface area contributed by atoms with Gasteiger partial charge in [-0.15, -0.1) is 0 Å². The third kappa shape index (κ3) is 2.92. The van der Waals surface area contributed by atoms with E-state index in [0.29, 0.717) is 5.92 Å². The Morgan fingerprint density at radius 1 is 1.06 bits per heavy atom. The van der Waals surface area contributed by atoms with Crippen LogP contribution in [0.25, 0.3) is 11.1 Å². The molecule has 0 saturated heterocycles. The molecule has 2 aromatic carbocycles. The van der Waals surface area contributed by atoms with E-state index >= 15 is 0 Å². The molecule has 2 aromatic rings. The first kappa shape index (κ1) is 12.7. The van der Waals surface area contributed by atoms with Gasteiger partial charge in [0.1, 0.15) is 0 Å². The Morgan fingerprint density at radius 3 is 2.50 bits per heavy atom. The SMILES string of the molecule is Cc1cc(N)ccc1-c1cccc(CC(C)C)c1. The fraction of sp³-hybridized carbons (Fsp3) is 0.294. The molecule has 0 bridgehead atoms. The number of hydrogen-bond donors (Lipinski definition) is 1. The zero-order valence-corrected chi connectivity index (χ0v) is 11.4. The lowest BCUT2D eigenvalue weighted by Gasteiger charge is -2.10. The third-order valence-electron chi connectivity index (χ3n) is 3.13. The first-order valence-corrected chi connectivity index (χ1v) is 6.51. The topological polar surface area (TPSA) is 26.0 Å². The summed E-state index contributed by atoms with van der Waals surface area (Å²) in [4.78, 5) is 0. The number of aryl methyl sites for hydroxylation is 1. The largest absolute Gasteiger partial charge is 0.399 e. The van der Waals surface area contributed by atoms with Gasteiger partial charge in [0.15, 0.2) is 0 Å². The number of hydrogen-bond acceptors (Lipinski definition) is 1. The average Bonchev–Trinajstić information content (AvgIpc) is 2.28. The van der Waals surface area contributed by atoms with Gasteiger partial charge in [0.2, 0.25) is 0 Å². The van der Waals surface area contributed by atoms with Crippen molar-refractivity contribution in [2.45, 2.75) is 27.2 Å². The maximum absolute atomic E-state index is 5.80. The molecule has 0 aromatic heterocycles. The molecular formula is C17H21N. The highest BCUT2D eigenvalue weighted by atomic mass is 14.5. The Labute approximate surface area is 110 Å². The first-order valence-electron chi connectivity index (χ1n) is 6.51. The molecule has 2 N–H and O–H groups in total. The highest BCUT2D eigenvalue weighted by Crippen LogP contribution is 2.26. The average molecular weight is 239 g/mol. The van der Waals surface area contributed by atoms with Crippen molar-refractivity contribution in [2.24, 2.45) is 5.92 Å². The molecule has 18 heavy (non-hydrogen) atoms. The molecule has 2 rings (SSSR count). The van der Waals surface area contributed by atoms with Crippen molar-refractivity contribution in [1.29, 1.82) is 0 Å². The highest BCUT2D eigenvalue weighted by molar-refractivity contribution is 5.70. The van der Waals surface area contributed by atoms with Gasteiger partial charge in [0.05, 0.1) is 0 Å². The lowest BCUT2D eigenvalue weighted by atomic mass is 9.95. The van der Waals surface area contributed by atoms with Crippen molar-refractivity contribution in [1.82, 2.24) is 0 Å². The van der Waals surface area contributed by atoms with E-state index in [0.717, 1.165) is 12.1 Å². The molecule has 1 nitrogen and oxygen atoms in total. The van der Waals surface area contributed by atoms with Gasteiger partial charge in [-0.3, -0.25) is 0 Å². The van der Waals surface area contributed by atoms with Crippen molar-refractivity contribution in [3.8, 4) is 11.1 Å². The van der Waals surface area contributed by atoms with Crippen molar-refractivity contribution < 1.29 is 0 Å². The summed E-state index contributed by atoms with van der Waals surface area (Å²) in [7, 11) is 0. The standard InChI is InChI=1S/C17H21N/c1-12(2)9-14-5-4-6-15(11-14)17-8-7-16(18)10-13(17)3/h4-8,10-12H,9,18H2,1-3H3. The predicted molar refractivity (Wildman–Crippen MR) is 79.6 cm³/mol. The second-order valence-electron chi connectivity index (χ2n) is 5.37. The van der Waals surface area contributed by atoms with Crippen LogP contribution < -0.4 is 5.73 Å². The van der Waals surface area contributed by atoms with Crippen LogP contribution in [-0.2, 0) is 6.42 Å². The third-order valence-corrected chi connectivity index (χ3v) is 3.13. The van der Waals surface area contributed by atoms with E-state index in [1.165, 1.54) is 22.3 Å².